The highest BCUT2D eigenvalue weighted by Gasteiger charge is 2.49. The largest absolute Gasteiger partial charge is 0.481 e. The Hall–Kier alpha value is -5.33. The molecule has 2 unspecified atom stereocenters. The summed E-state index contributed by atoms with van der Waals surface area (Å²) in [5.74, 6) is -4.76. The van der Waals surface area contributed by atoms with Crippen molar-refractivity contribution in [1.82, 2.24) is 15.6 Å². The normalized spacial score (nSPS) is 16.5. The van der Waals surface area contributed by atoms with Crippen LogP contribution in [0.15, 0.2) is 90.1 Å². The van der Waals surface area contributed by atoms with Gasteiger partial charge in [-0.15, -0.1) is 0 Å². The number of ether oxygens (including phenoxy) is 1. The van der Waals surface area contributed by atoms with Crippen molar-refractivity contribution in [3.63, 3.8) is 0 Å². The van der Waals surface area contributed by atoms with Gasteiger partial charge in [0, 0.05) is 18.2 Å². The second-order valence-corrected chi connectivity index (χ2v) is 13.2. The van der Waals surface area contributed by atoms with E-state index >= 15 is 0 Å². The van der Waals surface area contributed by atoms with Gasteiger partial charge in [0.05, 0.1) is 39.3 Å². The summed E-state index contributed by atoms with van der Waals surface area (Å²) in [5.41, 5.74) is 0.00714. The molecule has 1 aromatic heterocycles. The molecule has 0 fully saturated rings. The van der Waals surface area contributed by atoms with Crippen molar-refractivity contribution in [2.45, 2.75) is 50.8 Å². The van der Waals surface area contributed by atoms with E-state index in [1.807, 2.05) is 32.0 Å². The first-order chi connectivity index (χ1) is 24.4. The molecular formula is C37H34Cl2N4O8. The summed E-state index contributed by atoms with van der Waals surface area (Å²) in [6, 6.07) is 21.8. The van der Waals surface area contributed by atoms with E-state index in [-0.39, 0.29) is 40.1 Å². The van der Waals surface area contributed by atoms with Crippen LogP contribution in [-0.4, -0.2) is 69.6 Å². The molecule has 5 rings (SSSR count). The van der Waals surface area contributed by atoms with E-state index < -0.39 is 60.2 Å². The molecule has 0 saturated carbocycles. The van der Waals surface area contributed by atoms with Crippen molar-refractivity contribution >= 4 is 69.4 Å². The molecule has 0 saturated heterocycles. The number of amides is 2. The molecule has 264 valence electrons. The van der Waals surface area contributed by atoms with Crippen LogP contribution in [0.1, 0.15) is 53.1 Å². The number of carbonyl (C=O) groups excluding carboxylic acids is 4. The number of Topliss-reactive ketones (excluding diaryl/α,β-unsaturated/α-hetero) is 1. The number of nitrogens with zero attached hydrogens (tertiary/aromatic N) is 2. The Morgan fingerprint density at radius 3 is 2.27 bits per heavy atom. The quantitative estimate of drug-likeness (QED) is 0.143. The van der Waals surface area contributed by atoms with Gasteiger partial charge in [0.15, 0.2) is 12.4 Å². The monoisotopic (exact) mass is 732 g/mol. The summed E-state index contributed by atoms with van der Waals surface area (Å²) in [6.07, 6.45) is -0.921. The van der Waals surface area contributed by atoms with Crippen LogP contribution in [0.5, 0.6) is 0 Å². The molecule has 0 aliphatic carbocycles. The van der Waals surface area contributed by atoms with Crippen LogP contribution < -0.4 is 10.6 Å². The summed E-state index contributed by atoms with van der Waals surface area (Å²) in [5, 5.41) is 20.2. The molecule has 12 nitrogen and oxygen atoms in total. The summed E-state index contributed by atoms with van der Waals surface area (Å²) in [6.45, 7) is 2.87. The number of nitrogens with one attached hydrogen (secondary N) is 2. The lowest BCUT2D eigenvalue weighted by atomic mass is 9.84. The molecule has 0 spiro atoms. The zero-order valence-electron chi connectivity index (χ0n) is 27.6. The second-order valence-electron chi connectivity index (χ2n) is 12.4. The van der Waals surface area contributed by atoms with E-state index in [1.54, 1.807) is 48.5 Å². The second kappa shape index (κ2) is 16.1. The molecule has 0 radical (unpaired) electrons. The number of pyridine rings is 1. The minimum absolute atomic E-state index is 0.00297. The van der Waals surface area contributed by atoms with Crippen LogP contribution in [0.4, 0.5) is 0 Å². The Bertz CT molecular complexity index is 1980. The number of carboxylic acids is 1. The highest BCUT2D eigenvalue weighted by Crippen LogP contribution is 2.32. The van der Waals surface area contributed by atoms with Crippen LogP contribution in [0.25, 0.3) is 10.9 Å². The summed E-state index contributed by atoms with van der Waals surface area (Å²) >= 11 is 12.1. The topological polar surface area (TPSA) is 173 Å². The van der Waals surface area contributed by atoms with Crippen LogP contribution in [0.2, 0.25) is 10.0 Å². The minimum atomic E-state index is -1.73. The standard InChI is InChI=1S/C37H34Cl2N4O8/c1-21(2)33(42-34(47)27-16-15-23-11-6-7-14-26(23)40-27)29-19-37(51-43-29,18-22-9-4-3-5-10-22)36(49)41-28(17-31(45)46)30(44)20-50-35(48)32-24(38)12-8-13-25(32)39/h3-16,21,28,33H,17-20H2,1-2H3,(H,41,49)(H,42,47)(H,45,46)/t28-,33?,37?/m0/s1. The van der Waals surface area contributed by atoms with Gasteiger partial charge in [-0.2, -0.15) is 0 Å². The number of benzene rings is 3. The maximum atomic E-state index is 14.1. The van der Waals surface area contributed by atoms with Crippen LogP contribution in [0.3, 0.4) is 0 Å². The third-order valence-corrected chi connectivity index (χ3v) is 8.91. The van der Waals surface area contributed by atoms with E-state index in [4.69, 9.17) is 32.8 Å². The number of hydrogen-bond donors (Lipinski definition) is 3. The van der Waals surface area contributed by atoms with Crippen molar-refractivity contribution in [1.29, 1.82) is 0 Å². The highest BCUT2D eigenvalue weighted by atomic mass is 35.5. The molecule has 3 N–H and O–H groups in total. The number of halogens is 2. The number of para-hydroxylation sites is 1. The maximum absolute atomic E-state index is 14.1. The first kappa shape index (κ1) is 36.9. The summed E-state index contributed by atoms with van der Waals surface area (Å²) in [7, 11) is 0. The molecule has 3 aromatic carbocycles. The van der Waals surface area contributed by atoms with Gasteiger partial charge in [-0.25, -0.2) is 9.78 Å². The highest BCUT2D eigenvalue weighted by molar-refractivity contribution is 6.39. The number of oxime groups is 1. The Morgan fingerprint density at radius 1 is 0.902 bits per heavy atom. The molecular weight excluding hydrogens is 699 g/mol. The Morgan fingerprint density at radius 2 is 1.59 bits per heavy atom. The van der Waals surface area contributed by atoms with Gasteiger partial charge >= 0.3 is 11.9 Å². The van der Waals surface area contributed by atoms with Crippen molar-refractivity contribution in [2.24, 2.45) is 11.1 Å². The van der Waals surface area contributed by atoms with Crippen molar-refractivity contribution in [2.75, 3.05) is 6.61 Å². The van der Waals surface area contributed by atoms with Gasteiger partial charge in [0.25, 0.3) is 11.8 Å². The lowest BCUT2D eigenvalue weighted by Crippen LogP contribution is -2.55. The number of rotatable bonds is 14. The first-order valence-corrected chi connectivity index (χ1v) is 16.7. The minimum Gasteiger partial charge on any atom is -0.481 e. The molecule has 2 heterocycles. The summed E-state index contributed by atoms with van der Waals surface area (Å²) in [4.78, 5) is 75.7. The third kappa shape index (κ3) is 8.89. The lowest BCUT2D eigenvalue weighted by Gasteiger charge is -2.29. The van der Waals surface area contributed by atoms with E-state index in [9.17, 15) is 29.1 Å². The lowest BCUT2D eigenvalue weighted by molar-refractivity contribution is -0.148. The van der Waals surface area contributed by atoms with Crippen molar-refractivity contribution in [3.05, 3.63) is 112 Å². The van der Waals surface area contributed by atoms with Gasteiger partial charge in [0.2, 0.25) is 5.60 Å². The fourth-order valence-corrected chi connectivity index (χ4v) is 6.20. The van der Waals surface area contributed by atoms with Gasteiger partial charge in [-0.3, -0.25) is 19.2 Å². The molecule has 3 atom stereocenters. The molecule has 14 heteroatoms. The number of carboxylic acid groups (broad SMARTS) is 1. The van der Waals surface area contributed by atoms with Crippen LogP contribution in [0, 0.1) is 5.92 Å². The van der Waals surface area contributed by atoms with Crippen LogP contribution >= 0.6 is 23.2 Å². The smallest absolute Gasteiger partial charge is 0.341 e. The van der Waals surface area contributed by atoms with E-state index in [2.05, 4.69) is 20.8 Å². The number of hydrogen-bond acceptors (Lipinski definition) is 9. The Labute approximate surface area is 303 Å². The fraction of sp³-hybridized carbons (Fsp3) is 0.270. The van der Waals surface area contributed by atoms with E-state index in [0.717, 1.165) is 5.39 Å². The molecule has 51 heavy (non-hydrogen) atoms. The predicted octanol–water partition coefficient (Wildman–Crippen LogP) is 5.44. The predicted molar refractivity (Wildman–Crippen MR) is 190 cm³/mol. The van der Waals surface area contributed by atoms with Crippen molar-refractivity contribution < 1.29 is 38.7 Å². The third-order valence-electron chi connectivity index (χ3n) is 8.28. The molecule has 4 aromatic rings. The fourth-order valence-electron chi connectivity index (χ4n) is 5.65. The number of carbonyl (C=O) groups is 5. The molecule has 1 aliphatic rings. The maximum Gasteiger partial charge on any atom is 0.341 e. The Balaban J connectivity index is 1.35. The number of ketones is 1. The zero-order chi connectivity index (χ0) is 36.7. The number of fused-ring (bicyclic) bond motifs is 1. The number of esters is 1. The molecule has 2 amide bonds. The van der Waals surface area contributed by atoms with Gasteiger partial charge in [-0.05, 0) is 35.7 Å². The van der Waals surface area contributed by atoms with Gasteiger partial charge < -0.3 is 25.3 Å². The van der Waals surface area contributed by atoms with Crippen LogP contribution in [-0.2, 0) is 30.4 Å². The van der Waals surface area contributed by atoms with Crippen molar-refractivity contribution in [3.8, 4) is 0 Å². The number of aromatic nitrogens is 1. The van der Waals surface area contributed by atoms with E-state index in [0.29, 0.717) is 16.8 Å². The average molecular weight is 734 g/mol. The SMILES string of the molecule is CC(C)C(NC(=O)c1ccc2ccccc2n1)C1=NOC(Cc2ccccc2)(C(=O)N[C@@H](CC(=O)O)C(=O)COC(=O)c2c(Cl)cccc2Cl)C1. The van der Waals surface area contributed by atoms with E-state index in [1.165, 1.54) is 18.2 Å². The Kier molecular flexibility index (Phi) is 11.7. The average Bonchev–Trinajstić information content (AvgIpc) is 3.53. The first-order valence-electron chi connectivity index (χ1n) is 16.0. The van der Waals surface area contributed by atoms with Gasteiger partial charge in [-0.1, -0.05) is 103 Å². The zero-order valence-corrected chi connectivity index (χ0v) is 29.1. The molecule has 0 bridgehead atoms. The molecule has 1 aliphatic heterocycles. The number of aliphatic carboxylic acids is 1. The summed E-state index contributed by atoms with van der Waals surface area (Å²) < 4.78 is 5.11. The van der Waals surface area contributed by atoms with Gasteiger partial charge in [0.1, 0.15) is 11.7 Å².